The van der Waals surface area contributed by atoms with Crippen molar-refractivity contribution >= 4 is 0 Å². The molecule has 0 aromatic heterocycles. The fraction of sp³-hybridized carbons (Fsp3) is 0.368. The smallest absolute Gasteiger partial charge is 0.0476 e. The molecule has 1 unspecified atom stereocenters. The van der Waals surface area contributed by atoms with Crippen LogP contribution in [0.4, 0.5) is 0 Å². The van der Waals surface area contributed by atoms with Crippen molar-refractivity contribution in [1.82, 2.24) is 4.90 Å². The first-order chi connectivity index (χ1) is 10.3. The van der Waals surface area contributed by atoms with Crippen LogP contribution in [0.25, 0.3) is 0 Å². The Labute approximate surface area is 128 Å². The molecule has 2 heteroatoms. The molecule has 0 amide bonds. The molecule has 2 N–H and O–H groups in total. The van der Waals surface area contributed by atoms with Crippen LogP contribution in [0.1, 0.15) is 36.6 Å². The monoisotopic (exact) mass is 282 g/mol. The van der Waals surface area contributed by atoms with E-state index < -0.39 is 0 Å². The largest absolute Gasteiger partial charge is 0.329 e. The highest BCUT2D eigenvalue weighted by molar-refractivity contribution is 5.30. The number of likely N-dealkylation sites (N-methyl/N-ethyl adjacent to an activating group) is 1. The Morgan fingerprint density at radius 2 is 1.62 bits per heavy atom. The number of nitrogens with zero attached hydrogens (tertiary/aromatic N) is 1. The average molecular weight is 282 g/mol. The van der Waals surface area contributed by atoms with Crippen molar-refractivity contribution in [3.8, 4) is 0 Å². The fourth-order valence-electron chi connectivity index (χ4n) is 2.91. The van der Waals surface area contributed by atoms with Gasteiger partial charge in [0.2, 0.25) is 0 Å². The van der Waals surface area contributed by atoms with Gasteiger partial charge in [-0.25, -0.2) is 0 Å². The number of hydrogen-bond donors (Lipinski definition) is 1. The Kier molecular flexibility index (Phi) is 5.97. The third-order valence-corrected chi connectivity index (χ3v) is 4.09. The molecule has 0 fully saturated rings. The molecule has 2 aromatic carbocycles. The fourth-order valence-corrected chi connectivity index (χ4v) is 2.91. The molecule has 2 rings (SSSR count). The SMILES string of the molecule is CCc1ccccc1C(CN)N(CC)Cc1ccccc1. The standard InChI is InChI=1S/C19H26N2/c1-3-17-12-8-9-13-18(17)19(14-20)21(4-2)15-16-10-6-5-7-11-16/h5-13,19H,3-4,14-15,20H2,1-2H3. The summed E-state index contributed by atoms with van der Waals surface area (Å²) in [6.07, 6.45) is 1.05. The number of rotatable bonds is 7. The summed E-state index contributed by atoms with van der Waals surface area (Å²) in [6.45, 7) is 7.00. The highest BCUT2D eigenvalue weighted by Crippen LogP contribution is 2.25. The topological polar surface area (TPSA) is 29.3 Å². The van der Waals surface area contributed by atoms with Gasteiger partial charge >= 0.3 is 0 Å². The molecule has 0 spiro atoms. The molecule has 0 bridgehead atoms. The number of nitrogens with two attached hydrogens (primary N) is 1. The quantitative estimate of drug-likeness (QED) is 0.837. The van der Waals surface area contributed by atoms with E-state index >= 15 is 0 Å². The minimum Gasteiger partial charge on any atom is -0.329 e. The van der Waals surface area contributed by atoms with Crippen molar-refractivity contribution in [2.75, 3.05) is 13.1 Å². The van der Waals surface area contributed by atoms with Gasteiger partial charge in [0.1, 0.15) is 0 Å². The average Bonchev–Trinajstić information content (AvgIpc) is 2.56. The second-order valence-corrected chi connectivity index (χ2v) is 5.35. The zero-order valence-corrected chi connectivity index (χ0v) is 13.1. The molecule has 1 atom stereocenters. The van der Waals surface area contributed by atoms with E-state index in [2.05, 4.69) is 73.3 Å². The molecular weight excluding hydrogens is 256 g/mol. The van der Waals surface area contributed by atoms with Crippen LogP contribution in [0.3, 0.4) is 0 Å². The first kappa shape index (κ1) is 15.7. The second-order valence-electron chi connectivity index (χ2n) is 5.35. The first-order valence-corrected chi connectivity index (χ1v) is 7.86. The Morgan fingerprint density at radius 1 is 0.952 bits per heavy atom. The second kappa shape index (κ2) is 7.96. The van der Waals surface area contributed by atoms with Crippen LogP contribution in [0.15, 0.2) is 54.6 Å². The predicted octanol–water partition coefficient (Wildman–Crippen LogP) is 3.77. The summed E-state index contributed by atoms with van der Waals surface area (Å²) in [4.78, 5) is 2.46. The van der Waals surface area contributed by atoms with Crippen LogP contribution in [-0.4, -0.2) is 18.0 Å². The van der Waals surface area contributed by atoms with E-state index in [9.17, 15) is 0 Å². The van der Waals surface area contributed by atoms with E-state index in [1.165, 1.54) is 16.7 Å². The lowest BCUT2D eigenvalue weighted by Crippen LogP contribution is -2.33. The summed E-state index contributed by atoms with van der Waals surface area (Å²) in [5.41, 5.74) is 10.2. The van der Waals surface area contributed by atoms with Crippen molar-refractivity contribution in [3.05, 3.63) is 71.3 Å². The Morgan fingerprint density at radius 3 is 2.24 bits per heavy atom. The van der Waals surface area contributed by atoms with Crippen molar-refractivity contribution in [3.63, 3.8) is 0 Å². The molecule has 0 aliphatic heterocycles. The van der Waals surface area contributed by atoms with E-state index in [1.807, 2.05) is 0 Å². The van der Waals surface area contributed by atoms with E-state index in [1.54, 1.807) is 0 Å². The van der Waals surface area contributed by atoms with Gasteiger partial charge in [-0.2, -0.15) is 0 Å². The van der Waals surface area contributed by atoms with Gasteiger partial charge in [0.05, 0.1) is 0 Å². The number of hydrogen-bond acceptors (Lipinski definition) is 2. The van der Waals surface area contributed by atoms with Crippen LogP contribution >= 0.6 is 0 Å². The van der Waals surface area contributed by atoms with Gasteiger partial charge in [-0.3, -0.25) is 4.90 Å². The molecule has 0 aliphatic rings. The first-order valence-electron chi connectivity index (χ1n) is 7.86. The molecule has 0 saturated heterocycles. The number of aryl methyl sites for hydroxylation is 1. The predicted molar refractivity (Wildman–Crippen MR) is 90.1 cm³/mol. The van der Waals surface area contributed by atoms with Gasteiger partial charge in [0.25, 0.3) is 0 Å². The van der Waals surface area contributed by atoms with Gasteiger partial charge in [0.15, 0.2) is 0 Å². The summed E-state index contributed by atoms with van der Waals surface area (Å²) in [5.74, 6) is 0. The third-order valence-electron chi connectivity index (χ3n) is 4.09. The Balaban J connectivity index is 2.25. The molecule has 2 nitrogen and oxygen atoms in total. The maximum atomic E-state index is 6.12. The maximum absolute atomic E-state index is 6.12. The lowest BCUT2D eigenvalue weighted by atomic mass is 9.97. The van der Waals surface area contributed by atoms with Crippen LogP contribution in [-0.2, 0) is 13.0 Å². The van der Waals surface area contributed by atoms with E-state index in [0.717, 1.165) is 19.5 Å². The molecule has 2 aromatic rings. The van der Waals surface area contributed by atoms with Crippen LogP contribution in [0.5, 0.6) is 0 Å². The van der Waals surface area contributed by atoms with Crippen molar-refractivity contribution < 1.29 is 0 Å². The number of benzene rings is 2. The van der Waals surface area contributed by atoms with Gasteiger partial charge in [-0.15, -0.1) is 0 Å². The van der Waals surface area contributed by atoms with Gasteiger partial charge in [-0.1, -0.05) is 68.4 Å². The maximum Gasteiger partial charge on any atom is 0.0476 e. The summed E-state index contributed by atoms with van der Waals surface area (Å²) in [7, 11) is 0. The lowest BCUT2D eigenvalue weighted by Gasteiger charge is -2.31. The molecule has 0 saturated carbocycles. The summed E-state index contributed by atoms with van der Waals surface area (Å²) in [5, 5.41) is 0. The molecule has 112 valence electrons. The summed E-state index contributed by atoms with van der Waals surface area (Å²) >= 11 is 0. The van der Waals surface area contributed by atoms with Crippen LogP contribution in [0, 0.1) is 0 Å². The molecule has 21 heavy (non-hydrogen) atoms. The van der Waals surface area contributed by atoms with Crippen molar-refractivity contribution in [1.29, 1.82) is 0 Å². The Hall–Kier alpha value is -1.64. The Bertz CT molecular complexity index is 536. The molecule has 0 radical (unpaired) electrons. The van der Waals surface area contributed by atoms with Gasteiger partial charge in [-0.05, 0) is 29.7 Å². The van der Waals surface area contributed by atoms with Gasteiger partial charge in [0, 0.05) is 19.1 Å². The highest BCUT2D eigenvalue weighted by Gasteiger charge is 2.19. The zero-order valence-electron chi connectivity index (χ0n) is 13.1. The minimum absolute atomic E-state index is 0.284. The van der Waals surface area contributed by atoms with Crippen LogP contribution < -0.4 is 5.73 Å². The molecular formula is C19H26N2. The lowest BCUT2D eigenvalue weighted by molar-refractivity contribution is 0.202. The normalized spacial score (nSPS) is 12.6. The van der Waals surface area contributed by atoms with Crippen molar-refractivity contribution in [2.45, 2.75) is 32.9 Å². The third kappa shape index (κ3) is 3.93. The van der Waals surface area contributed by atoms with Gasteiger partial charge < -0.3 is 5.73 Å². The van der Waals surface area contributed by atoms with Crippen molar-refractivity contribution in [2.24, 2.45) is 5.73 Å². The summed E-state index contributed by atoms with van der Waals surface area (Å²) < 4.78 is 0. The van der Waals surface area contributed by atoms with E-state index in [-0.39, 0.29) is 6.04 Å². The van der Waals surface area contributed by atoms with E-state index in [4.69, 9.17) is 5.73 Å². The van der Waals surface area contributed by atoms with E-state index in [0.29, 0.717) is 6.54 Å². The van der Waals surface area contributed by atoms with Crippen LogP contribution in [0.2, 0.25) is 0 Å². The zero-order chi connectivity index (χ0) is 15.1. The molecule has 0 heterocycles. The molecule has 0 aliphatic carbocycles. The summed E-state index contributed by atoms with van der Waals surface area (Å²) in [6, 6.07) is 19.6. The highest BCUT2D eigenvalue weighted by atomic mass is 15.2. The minimum atomic E-state index is 0.284.